The zero-order chi connectivity index (χ0) is 12.3. The summed E-state index contributed by atoms with van der Waals surface area (Å²) >= 11 is 0. The third-order valence-electron chi connectivity index (χ3n) is 2.16. The fraction of sp³-hybridized carbons (Fsp3) is 0. The SMILES string of the molecule is Nn1c(=O)[nH]nc(C=Cc2ccccc2)c1=O. The van der Waals surface area contributed by atoms with Crippen molar-refractivity contribution in [2.24, 2.45) is 0 Å². The van der Waals surface area contributed by atoms with Crippen LogP contribution in [0.15, 0.2) is 39.9 Å². The van der Waals surface area contributed by atoms with Gasteiger partial charge < -0.3 is 5.84 Å². The summed E-state index contributed by atoms with van der Waals surface area (Å²) in [5.41, 5.74) is -0.382. The number of nitrogen functional groups attached to an aromatic ring is 1. The van der Waals surface area contributed by atoms with Crippen LogP contribution in [0.25, 0.3) is 12.2 Å². The molecule has 6 nitrogen and oxygen atoms in total. The molecule has 1 aromatic carbocycles. The van der Waals surface area contributed by atoms with Gasteiger partial charge in [-0.2, -0.15) is 9.77 Å². The standard InChI is InChI=1S/C11H10N4O2/c12-15-10(16)9(13-14-11(15)17)7-6-8-4-2-1-3-5-8/h1-7H,12H2,(H,14,17). The van der Waals surface area contributed by atoms with Crippen molar-refractivity contribution >= 4 is 12.2 Å². The lowest BCUT2D eigenvalue weighted by Gasteiger charge is -1.96. The summed E-state index contributed by atoms with van der Waals surface area (Å²) in [6.07, 6.45) is 3.21. The minimum Gasteiger partial charge on any atom is -0.332 e. The first-order valence-electron chi connectivity index (χ1n) is 4.88. The Morgan fingerprint density at radius 3 is 2.59 bits per heavy atom. The largest absolute Gasteiger partial charge is 0.363 e. The normalized spacial score (nSPS) is 10.8. The number of hydrogen-bond donors (Lipinski definition) is 2. The van der Waals surface area contributed by atoms with Crippen LogP contribution in [0.3, 0.4) is 0 Å². The summed E-state index contributed by atoms with van der Waals surface area (Å²) < 4.78 is 0.484. The number of nitrogens with one attached hydrogen (secondary N) is 1. The highest BCUT2D eigenvalue weighted by Crippen LogP contribution is 2.02. The second-order valence-corrected chi connectivity index (χ2v) is 3.33. The van der Waals surface area contributed by atoms with Crippen LogP contribution in [0.1, 0.15) is 11.3 Å². The summed E-state index contributed by atoms with van der Waals surface area (Å²) in [4.78, 5) is 22.5. The van der Waals surface area contributed by atoms with E-state index in [2.05, 4.69) is 10.2 Å². The van der Waals surface area contributed by atoms with Gasteiger partial charge in [0.15, 0.2) is 5.69 Å². The molecule has 0 spiro atoms. The molecule has 0 saturated heterocycles. The maximum Gasteiger partial charge on any atom is 0.363 e. The summed E-state index contributed by atoms with van der Waals surface area (Å²) in [6, 6.07) is 9.40. The third-order valence-corrected chi connectivity index (χ3v) is 2.16. The predicted molar refractivity (Wildman–Crippen MR) is 64.6 cm³/mol. The highest BCUT2D eigenvalue weighted by atomic mass is 16.2. The smallest absolute Gasteiger partial charge is 0.332 e. The van der Waals surface area contributed by atoms with Crippen molar-refractivity contribution in [3.05, 3.63) is 62.4 Å². The fourth-order valence-corrected chi connectivity index (χ4v) is 1.27. The van der Waals surface area contributed by atoms with Crippen molar-refractivity contribution < 1.29 is 0 Å². The molecule has 6 heteroatoms. The van der Waals surface area contributed by atoms with Crippen LogP contribution >= 0.6 is 0 Å². The van der Waals surface area contributed by atoms with E-state index in [1.165, 1.54) is 6.08 Å². The molecule has 86 valence electrons. The second-order valence-electron chi connectivity index (χ2n) is 3.33. The Kier molecular flexibility index (Phi) is 2.87. The van der Waals surface area contributed by atoms with Gasteiger partial charge in [-0.3, -0.25) is 4.79 Å². The van der Waals surface area contributed by atoms with E-state index in [0.29, 0.717) is 4.68 Å². The van der Waals surface area contributed by atoms with E-state index in [1.54, 1.807) is 6.08 Å². The molecule has 0 fully saturated rings. The molecule has 1 aromatic heterocycles. The molecule has 0 saturated carbocycles. The van der Waals surface area contributed by atoms with Crippen LogP contribution in [0.5, 0.6) is 0 Å². The first-order chi connectivity index (χ1) is 8.18. The lowest BCUT2D eigenvalue weighted by atomic mass is 10.2. The molecule has 0 aliphatic heterocycles. The van der Waals surface area contributed by atoms with Gasteiger partial charge in [-0.05, 0) is 11.6 Å². The van der Waals surface area contributed by atoms with Gasteiger partial charge in [0.2, 0.25) is 0 Å². The van der Waals surface area contributed by atoms with Crippen molar-refractivity contribution in [3.8, 4) is 0 Å². The first-order valence-corrected chi connectivity index (χ1v) is 4.88. The number of nitrogens with zero attached hydrogens (tertiary/aromatic N) is 2. The monoisotopic (exact) mass is 230 g/mol. The number of nitrogens with two attached hydrogens (primary N) is 1. The van der Waals surface area contributed by atoms with Crippen LogP contribution < -0.4 is 17.1 Å². The molecule has 2 rings (SSSR count). The lowest BCUT2D eigenvalue weighted by molar-refractivity contribution is 0.762. The lowest BCUT2D eigenvalue weighted by Crippen LogP contribution is -2.42. The summed E-state index contributed by atoms with van der Waals surface area (Å²) in [7, 11) is 0. The zero-order valence-corrected chi connectivity index (χ0v) is 8.83. The highest BCUT2D eigenvalue weighted by molar-refractivity contribution is 5.67. The van der Waals surface area contributed by atoms with Crippen molar-refractivity contribution in [3.63, 3.8) is 0 Å². The van der Waals surface area contributed by atoms with Gasteiger partial charge >= 0.3 is 11.2 Å². The van der Waals surface area contributed by atoms with Crippen molar-refractivity contribution in [1.82, 2.24) is 14.9 Å². The minimum absolute atomic E-state index is 0.0796. The summed E-state index contributed by atoms with van der Waals surface area (Å²) in [5.74, 6) is 5.24. The molecule has 0 aliphatic rings. The van der Waals surface area contributed by atoms with Gasteiger partial charge in [0.05, 0.1) is 0 Å². The van der Waals surface area contributed by atoms with Crippen molar-refractivity contribution in [2.45, 2.75) is 0 Å². The average Bonchev–Trinajstić information content (AvgIpc) is 2.36. The van der Waals surface area contributed by atoms with E-state index >= 15 is 0 Å². The van der Waals surface area contributed by atoms with Crippen LogP contribution in [0, 0.1) is 0 Å². The van der Waals surface area contributed by atoms with E-state index in [9.17, 15) is 9.59 Å². The highest BCUT2D eigenvalue weighted by Gasteiger charge is 2.02. The summed E-state index contributed by atoms with van der Waals surface area (Å²) in [6.45, 7) is 0. The molecule has 0 atom stereocenters. The fourth-order valence-electron chi connectivity index (χ4n) is 1.27. The summed E-state index contributed by atoms with van der Waals surface area (Å²) in [5, 5.41) is 5.74. The Morgan fingerprint density at radius 2 is 1.88 bits per heavy atom. The predicted octanol–water partition coefficient (Wildman–Crippen LogP) is -0.184. The van der Waals surface area contributed by atoms with E-state index in [0.717, 1.165) is 5.56 Å². The molecule has 0 bridgehead atoms. The van der Waals surface area contributed by atoms with E-state index < -0.39 is 11.2 Å². The molecule has 0 radical (unpaired) electrons. The Balaban J connectivity index is 2.38. The zero-order valence-electron chi connectivity index (χ0n) is 8.83. The molecular weight excluding hydrogens is 220 g/mol. The molecule has 0 amide bonds. The van der Waals surface area contributed by atoms with Gasteiger partial charge in [-0.15, -0.1) is 0 Å². The molecule has 17 heavy (non-hydrogen) atoms. The number of aromatic nitrogens is 3. The number of hydrogen-bond acceptors (Lipinski definition) is 4. The minimum atomic E-state index is -0.744. The Hall–Kier alpha value is -2.63. The van der Waals surface area contributed by atoms with Gasteiger partial charge in [0, 0.05) is 0 Å². The Bertz CT molecular complexity index is 655. The molecule has 0 unspecified atom stereocenters. The third kappa shape index (κ3) is 2.31. The molecule has 0 aliphatic carbocycles. The van der Waals surface area contributed by atoms with E-state index in [-0.39, 0.29) is 5.69 Å². The van der Waals surface area contributed by atoms with E-state index in [1.807, 2.05) is 30.3 Å². The van der Waals surface area contributed by atoms with Gasteiger partial charge in [0.1, 0.15) is 0 Å². The average molecular weight is 230 g/mol. The quantitative estimate of drug-likeness (QED) is 0.699. The second kappa shape index (κ2) is 4.48. The number of benzene rings is 1. The van der Waals surface area contributed by atoms with Crippen LogP contribution in [-0.2, 0) is 0 Å². The van der Waals surface area contributed by atoms with Crippen molar-refractivity contribution in [2.75, 3.05) is 5.84 Å². The maximum atomic E-state index is 11.5. The van der Waals surface area contributed by atoms with Gasteiger partial charge in [0.25, 0.3) is 0 Å². The Labute approximate surface area is 96.0 Å². The van der Waals surface area contributed by atoms with Gasteiger partial charge in [-0.1, -0.05) is 36.4 Å². The molecule has 3 N–H and O–H groups in total. The number of rotatable bonds is 2. The Morgan fingerprint density at radius 1 is 1.18 bits per heavy atom. The molecule has 1 heterocycles. The van der Waals surface area contributed by atoms with Crippen LogP contribution in [-0.4, -0.2) is 14.9 Å². The molecule has 2 aromatic rings. The van der Waals surface area contributed by atoms with E-state index in [4.69, 9.17) is 5.84 Å². The maximum absolute atomic E-state index is 11.5. The van der Waals surface area contributed by atoms with Gasteiger partial charge in [-0.25, -0.2) is 9.89 Å². The van der Waals surface area contributed by atoms with Crippen molar-refractivity contribution in [1.29, 1.82) is 0 Å². The number of H-pyrrole nitrogens is 1. The number of aromatic amines is 1. The van der Waals surface area contributed by atoms with Crippen LogP contribution in [0.4, 0.5) is 0 Å². The first kappa shape index (κ1) is 10.9. The van der Waals surface area contributed by atoms with Crippen LogP contribution in [0.2, 0.25) is 0 Å². The molecular formula is C11H10N4O2. The topological polar surface area (TPSA) is 93.8 Å².